The van der Waals surface area contributed by atoms with Crippen LogP contribution in [-0.2, 0) is 17.6 Å². The van der Waals surface area contributed by atoms with Gasteiger partial charge in [0.2, 0.25) is 5.95 Å². The average Bonchev–Trinajstić information content (AvgIpc) is 2.86. The Hall–Kier alpha value is -3.45. The molecule has 1 fully saturated rings. The lowest BCUT2D eigenvalue weighted by Gasteiger charge is -2.29. The zero-order chi connectivity index (χ0) is 22.2. The van der Waals surface area contributed by atoms with Gasteiger partial charge in [-0.1, -0.05) is 38.1 Å². The number of morpholine rings is 1. The summed E-state index contributed by atoms with van der Waals surface area (Å²) < 4.78 is 5.47. The predicted molar refractivity (Wildman–Crippen MR) is 131 cm³/mol. The van der Waals surface area contributed by atoms with Crippen molar-refractivity contribution in [1.82, 2.24) is 9.97 Å². The van der Waals surface area contributed by atoms with Gasteiger partial charge < -0.3 is 15.0 Å². The quantitative estimate of drug-likeness (QED) is 0.401. The molecule has 0 saturated carbocycles. The minimum absolute atomic E-state index is 0.500. The summed E-state index contributed by atoms with van der Waals surface area (Å²) in [5.41, 5.74) is 8.55. The fourth-order valence-corrected chi connectivity index (χ4v) is 3.71. The van der Waals surface area contributed by atoms with Crippen LogP contribution in [0.3, 0.4) is 0 Å². The van der Waals surface area contributed by atoms with Gasteiger partial charge in [0.05, 0.1) is 19.4 Å². The van der Waals surface area contributed by atoms with Crippen LogP contribution < -0.4 is 15.6 Å². The minimum Gasteiger partial charge on any atom is -0.378 e. The second kappa shape index (κ2) is 10.7. The molecule has 3 aromatic rings. The number of para-hydroxylation sites is 1. The highest BCUT2D eigenvalue weighted by molar-refractivity contribution is 5.83. The second-order valence-corrected chi connectivity index (χ2v) is 7.62. The largest absolute Gasteiger partial charge is 0.378 e. The molecule has 2 N–H and O–H groups in total. The van der Waals surface area contributed by atoms with Gasteiger partial charge >= 0.3 is 0 Å². The Morgan fingerprint density at radius 2 is 1.78 bits per heavy atom. The number of anilines is 4. The summed E-state index contributed by atoms with van der Waals surface area (Å²) in [5, 5.41) is 7.85. The van der Waals surface area contributed by atoms with E-state index < -0.39 is 0 Å². The van der Waals surface area contributed by atoms with Crippen molar-refractivity contribution in [2.75, 3.05) is 41.9 Å². The molecule has 0 unspecified atom stereocenters. The van der Waals surface area contributed by atoms with Crippen LogP contribution in [0.4, 0.5) is 23.1 Å². The van der Waals surface area contributed by atoms with Crippen LogP contribution in [0, 0.1) is 0 Å². The normalized spacial score (nSPS) is 14.0. The molecule has 0 bridgehead atoms. The summed E-state index contributed by atoms with van der Waals surface area (Å²) >= 11 is 0. The lowest BCUT2D eigenvalue weighted by Crippen LogP contribution is -2.37. The lowest BCUT2D eigenvalue weighted by molar-refractivity contribution is 0.122. The summed E-state index contributed by atoms with van der Waals surface area (Å²) in [6.45, 7) is 7.40. The zero-order valence-corrected chi connectivity index (χ0v) is 18.7. The van der Waals surface area contributed by atoms with Gasteiger partial charge in [-0.3, -0.25) is 0 Å². The van der Waals surface area contributed by atoms with Crippen molar-refractivity contribution < 1.29 is 4.74 Å². The van der Waals surface area contributed by atoms with Crippen LogP contribution in [0.15, 0.2) is 59.8 Å². The monoisotopic (exact) mass is 430 g/mol. The van der Waals surface area contributed by atoms with Crippen molar-refractivity contribution in [2.45, 2.75) is 26.7 Å². The molecule has 2 aromatic carbocycles. The Labute approximate surface area is 189 Å². The van der Waals surface area contributed by atoms with E-state index in [9.17, 15) is 0 Å². The molecule has 1 aliphatic heterocycles. The van der Waals surface area contributed by atoms with Crippen molar-refractivity contribution in [1.29, 1.82) is 0 Å². The van der Waals surface area contributed by atoms with Crippen LogP contribution in [0.5, 0.6) is 0 Å². The molecule has 7 heteroatoms. The number of aryl methyl sites for hydroxylation is 2. The topological polar surface area (TPSA) is 74.7 Å². The predicted octanol–water partition coefficient (Wildman–Crippen LogP) is 4.63. The highest BCUT2D eigenvalue weighted by Gasteiger charge is 2.16. The molecule has 32 heavy (non-hydrogen) atoms. The molecule has 7 nitrogen and oxygen atoms in total. The number of nitrogens with zero attached hydrogens (tertiary/aromatic N) is 4. The van der Waals surface area contributed by atoms with Crippen molar-refractivity contribution in [3.8, 4) is 0 Å². The van der Waals surface area contributed by atoms with E-state index in [1.165, 1.54) is 5.56 Å². The molecule has 166 valence electrons. The second-order valence-electron chi connectivity index (χ2n) is 7.62. The molecule has 0 atom stereocenters. The van der Waals surface area contributed by atoms with Crippen molar-refractivity contribution in [2.24, 2.45) is 5.10 Å². The van der Waals surface area contributed by atoms with Gasteiger partial charge in [-0.2, -0.15) is 10.1 Å². The Morgan fingerprint density at radius 3 is 2.53 bits per heavy atom. The molecule has 0 aliphatic carbocycles. The summed E-state index contributed by atoms with van der Waals surface area (Å²) in [4.78, 5) is 11.4. The third kappa shape index (κ3) is 5.42. The first-order valence-corrected chi connectivity index (χ1v) is 11.2. The molecular weight excluding hydrogens is 400 g/mol. The number of rotatable bonds is 8. The van der Waals surface area contributed by atoms with E-state index in [2.05, 4.69) is 69.9 Å². The molecule has 4 rings (SSSR count). The summed E-state index contributed by atoms with van der Waals surface area (Å²) in [6.07, 6.45) is 5.52. The molecule has 2 heterocycles. The van der Waals surface area contributed by atoms with Gasteiger partial charge in [0.25, 0.3) is 0 Å². The molecule has 1 aromatic heterocycles. The summed E-state index contributed by atoms with van der Waals surface area (Å²) in [5.74, 6) is 1.47. The number of nitrogens with one attached hydrogen (secondary N) is 2. The van der Waals surface area contributed by atoms with E-state index in [1.807, 2.05) is 30.6 Å². The summed E-state index contributed by atoms with van der Waals surface area (Å²) in [7, 11) is 0. The number of ether oxygens (including phenoxy) is 1. The van der Waals surface area contributed by atoms with E-state index in [4.69, 9.17) is 9.72 Å². The lowest BCUT2D eigenvalue weighted by atomic mass is 10.0. The van der Waals surface area contributed by atoms with Gasteiger partial charge in [0.1, 0.15) is 5.82 Å². The maximum absolute atomic E-state index is 5.47. The first-order chi connectivity index (χ1) is 15.8. The number of hydrogen-bond acceptors (Lipinski definition) is 7. The number of benzene rings is 2. The Balaban J connectivity index is 1.46. The number of hydrogen-bond donors (Lipinski definition) is 2. The van der Waals surface area contributed by atoms with E-state index in [0.29, 0.717) is 5.95 Å². The average molecular weight is 431 g/mol. The molecular formula is C25H30N6O. The van der Waals surface area contributed by atoms with E-state index in [-0.39, 0.29) is 0 Å². The minimum atomic E-state index is 0.500. The summed E-state index contributed by atoms with van der Waals surface area (Å²) in [6, 6.07) is 16.5. The van der Waals surface area contributed by atoms with Crippen molar-refractivity contribution >= 4 is 29.4 Å². The van der Waals surface area contributed by atoms with Crippen molar-refractivity contribution in [3.05, 3.63) is 71.4 Å². The molecule has 1 aliphatic rings. The van der Waals surface area contributed by atoms with Crippen LogP contribution in [-0.4, -0.2) is 42.5 Å². The highest BCUT2D eigenvalue weighted by Crippen LogP contribution is 2.22. The van der Waals surface area contributed by atoms with Gasteiger partial charge in [0.15, 0.2) is 0 Å². The fraction of sp³-hybridized carbons (Fsp3) is 0.320. The van der Waals surface area contributed by atoms with E-state index in [0.717, 1.165) is 67.5 Å². The zero-order valence-electron chi connectivity index (χ0n) is 18.7. The van der Waals surface area contributed by atoms with Gasteiger partial charge in [-0.05, 0) is 48.2 Å². The Morgan fingerprint density at radius 1 is 1.00 bits per heavy atom. The molecule has 0 radical (unpaired) electrons. The van der Waals surface area contributed by atoms with Crippen molar-refractivity contribution in [3.63, 3.8) is 0 Å². The number of aromatic nitrogens is 2. The van der Waals surface area contributed by atoms with Crippen LogP contribution >= 0.6 is 0 Å². The van der Waals surface area contributed by atoms with E-state index in [1.54, 1.807) is 0 Å². The maximum atomic E-state index is 5.47. The SMILES string of the molecule is CCc1cc(Nc2ccccc2)ccc1/C=N/Nc1ncc(CC)c(N2CCOCC2)n1. The third-order valence-corrected chi connectivity index (χ3v) is 5.49. The highest BCUT2D eigenvalue weighted by atomic mass is 16.5. The Bertz CT molecular complexity index is 1050. The van der Waals surface area contributed by atoms with Gasteiger partial charge in [0, 0.05) is 36.2 Å². The third-order valence-electron chi connectivity index (χ3n) is 5.49. The first-order valence-electron chi connectivity index (χ1n) is 11.2. The van der Waals surface area contributed by atoms with E-state index >= 15 is 0 Å². The van der Waals surface area contributed by atoms with Gasteiger partial charge in [-0.15, -0.1) is 0 Å². The fourth-order valence-electron chi connectivity index (χ4n) is 3.71. The Kier molecular flexibility index (Phi) is 7.30. The first kappa shape index (κ1) is 21.8. The van der Waals surface area contributed by atoms with Gasteiger partial charge in [-0.25, -0.2) is 10.4 Å². The number of hydrazone groups is 1. The molecule has 0 spiro atoms. The standard InChI is InChI=1S/C25H30N6O/c1-3-19-16-23(28-22-8-6-5-7-9-22)11-10-21(19)18-27-30-25-26-17-20(4-2)24(29-25)31-12-14-32-15-13-31/h5-11,16-18,28H,3-4,12-15H2,1-2H3,(H,26,29,30)/b27-18+. The smallest absolute Gasteiger partial charge is 0.245 e. The molecule has 0 amide bonds. The van der Waals surface area contributed by atoms with Crippen LogP contribution in [0.1, 0.15) is 30.5 Å². The molecule has 1 saturated heterocycles. The van der Waals surface area contributed by atoms with Crippen LogP contribution in [0.25, 0.3) is 0 Å². The maximum Gasteiger partial charge on any atom is 0.245 e. The van der Waals surface area contributed by atoms with Crippen LogP contribution in [0.2, 0.25) is 0 Å².